The Hall–Kier alpha value is -0.320. The number of carbonyl (C=O) groups is 1. The molecular formula is C14H29ClN2O2. The standard InChI is InChI=1S/C14H28N2O2.ClH/c1-5-10(4)13(15)14(17)16-11-6-7-18-12(8-11)9(2)3;/h9-13H,5-8,15H2,1-4H3,(H,16,17);1H. The first-order chi connectivity index (χ1) is 8.45. The van der Waals surface area contributed by atoms with Crippen molar-refractivity contribution in [3.05, 3.63) is 0 Å². The zero-order chi connectivity index (χ0) is 13.7. The largest absolute Gasteiger partial charge is 0.378 e. The van der Waals surface area contributed by atoms with Crippen molar-refractivity contribution in [2.24, 2.45) is 17.6 Å². The van der Waals surface area contributed by atoms with Gasteiger partial charge >= 0.3 is 0 Å². The van der Waals surface area contributed by atoms with Crippen molar-refractivity contribution >= 4 is 18.3 Å². The number of hydrogen-bond donors (Lipinski definition) is 2. The molecule has 5 heteroatoms. The number of carbonyl (C=O) groups excluding carboxylic acids is 1. The summed E-state index contributed by atoms with van der Waals surface area (Å²) in [6, 6.07) is -0.177. The molecule has 3 N–H and O–H groups in total. The fourth-order valence-electron chi connectivity index (χ4n) is 2.23. The lowest BCUT2D eigenvalue weighted by Crippen LogP contribution is -2.51. The molecule has 1 amide bonds. The van der Waals surface area contributed by atoms with Crippen LogP contribution in [-0.4, -0.2) is 30.7 Å². The summed E-state index contributed by atoms with van der Waals surface area (Å²) in [5, 5.41) is 3.07. The van der Waals surface area contributed by atoms with Gasteiger partial charge in [0.2, 0.25) is 5.91 Å². The van der Waals surface area contributed by atoms with Gasteiger partial charge < -0.3 is 15.8 Å². The van der Waals surface area contributed by atoms with Crippen LogP contribution in [0.1, 0.15) is 47.0 Å². The van der Waals surface area contributed by atoms with Crippen LogP contribution in [0.5, 0.6) is 0 Å². The second-order valence-corrected chi connectivity index (χ2v) is 5.79. The summed E-state index contributed by atoms with van der Waals surface area (Å²) in [6.07, 6.45) is 2.97. The molecule has 1 aliphatic rings. The number of amides is 1. The van der Waals surface area contributed by atoms with Crippen LogP contribution in [0.25, 0.3) is 0 Å². The maximum Gasteiger partial charge on any atom is 0.237 e. The Kier molecular flexibility index (Phi) is 8.62. The zero-order valence-electron chi connectivity index (χ0n) is 12.5. The van der Waals surface area contributed by atoms with Crippen LogP contribution in [0.4, 0.5) is 0 Å². The number of hydrogen-bond acceptors (Lipinski definition) is 3. The lowest BCUT2D eigenvalue weighted by atomic mass is 9.94. The van der Waals surface area contributed by atoms with E-state index in [1.165, 1.54) is 0 Å². The highest BCUT2D eigenvalue weighted by Crippen LogP contribution is 2.20. The Morgan fingerprint density at radius 1 is 1.42 bits per heavy atom. The van der Waals surface area contributed by atoms with Gasteiger partial charge in [0.15, 0.2) is 0 Å². The van der Waals surface area contributed by atoms with Crippen molar-refractivity contribution < 1.29 is 9.53 Å². The molecule has 1 fully saturated rings. The molecule has 19 heavy (non-hydrogen) atoms. The monoisotopic (exact) mass is 292 g/mol. The molecule has 1 aliphatic heterocycles. The zero-order valence-corrected chi connectivity index (χ0v) is 13.3. The first-order valence-electron chi connectivity index (χ1n) is 7.13. The quantitative estimate of drug-likeness (QED) is 0.816. The Labute approximate surface area is 123 Å². The van der Waals surface area contributed by atoms with Gasteiger partial charge in [-0.3, -0.25) is 4.79 Å². The van der Waals surface area contributed by atoms with Gasteiger partial charge in [-0.05, 0) is 24.7 Å². The predicted molar refractivity (Wildman–Crippen MR) is 80.4 cm³/mol. The predicted octanol–water partition coefficient (Wildman–Crippen LogP) is 2.10. The Bertz CT molecular complexity index is 274. The summed E-state index contributed by atoms with van der Waals surface area (Å²) in [6.45, 7) is 9.11. The highest BCUT2D eigenvalue weighted by Gasteiger charge is 2.28. The minimum Gasteiger partial charge on any atom is -0.378 e. The summed E-state index contributed by atoms with van der Waals surface area (Å²) in [4.78, 5) is 12.0. The summed E-state index contributed by atoms with van der Waals surface area (Å²) >= 11 is 0. The molecule has 1 heterocycles. The number of rotatable bonds is 5. The van der Waals surface area contributed by atoms with Gasteiger partial charge in [-0.1, -0.05) is 34.1 Å². The molecule has 4 atom stereocenters. The van der Waals surface area contributed by atoms with E-state index in [9.17, 15) is 4.79 Å². The average Bonchev–Trinajstić information content (AvgIpc) is 2.37. The molecule has 4 unspecified atom stereocenters. The molecule has 4 nitrogen and oxygen atoms in total. The summed E-state index contributed by atoms with van der Waals surface area (Å²) < 4.78 is 5.70. The second kappa shape index (κ2) is 8.77. The van der Waals surface area contributed by atoms with Crippen molar-refractivity contribution in [3.8, 4) is 0 Å². The topological polar surface area (TPSA) is 64.4 Å². The maximum atomic E-state index is 12.0. The summed E-state index contributed by atoms with van der Waals surface area (Å²) in [7, 11) is 0. The Morgan fingerprint density at radius 3 is 2.58 bits per heavy atom. The van der Waals surface area contributed by atoms with Crippen molar-refractivity contribution in [3.63, 3.8) is 0 Å². The molecule has 0 spiro atoms. The third-order valence-electron chi connectivity index (χ3n) is 3.96. The van der Waals surface area contributed by atoms with Gasteiger partial charge in [0.05, 0.1) is 12.1 Å². The van der Waals surface area contributed by atoms with Crippen molar-refractivity contribution in [2.75, 3.05) is 6.61 Å². The second-order valence-electron chi connectivity index (χ2n) is 5.79. The highest BCUT2D eigenvalue weighted by atomic mass is 35.5. The molecule has 0 bridgehead atoms. The highest BCUT2D eigenvalue weighted by molar-refractivity contribution is 5.85. The third-order valence-corrected chi connectivity index (χ3v) is 3.96. The molecule has 0 aromatic rings. The third kappa shape index (κ3) is 5.67. The smallest absolute Gasteiger partial charge is 0.237 e. The molecule has 0 radical (unpaired) electrons. The van der Waals surface area contributed by atoms with Crippen LogP contribution in [0.15, 0.2) is 0 Å². The fraction of sp³-hybridized carbons (Fsp3) is 0.929. The lowest BCUT2D eigenvalue weighted by Gasteiger charge is -2.33. The summed E-state index contributed by atoms with van der Waals surface area (Å²) in [5.74, 6) is 0.706. The van der Waals surface area contributed by atoms with Crippen LogP contribution >= 0.6 is 12.4 Å². The Balaban J connectivity index is 0.00000324. The normalized spacial score (nSPS) is 26.4. The van der Waals surface area contributed by atoms with Crippen LogP contribution in [0.3, 0.4) is 0 Å². The van der Waals surface area contributed by atoms with Crippen molar-refractivity contribution in [1.29, 1.82) is 0 Å². The first kappa shape index (κ1) is 18.7. The van der Waals surface area contributed by atoms with E-state index in [1.54, 1.807) is 0 Å². The number of nitrogens with two attached hydrogens (primary N) is 1. The van der Waals surface area contributed by atoms with Gasteiger partial charge in [0, 0.05) is 12.6 Å². The van der Waals surface area contributed by atoms with E-state index in [2.05, 4.69) is 26.1 Å². The van der Waals surface area contributed by atoms with E-state index < -0.39 is 6.04 Å². The SMILES string of the molecule is CCC(C)C(N)C(=O)NC1CCOC(C(C)C)C1.Cl. The summed E-state index contributed by atoms with van der Waals surface area (Å²) in [5.41, 5.74) is 5.94. The van der Waals surface area contributed by atoms with E-state index >= 15 is 0 Å². The van der Waals surface area contributed by atoms with Gasteiger partial charge in [-0.2, -0.15) is 0 Å². The molecule has 0 aromatic carbocycles. The minimum atomic E-state index is -0.393. The molecule has 0 aliphatic carbocycles. The lowest BCUT2D eigenvalue weighted by molar-refractivity contribution is -0.125. The van der Waals surface area contributed by atoms with E-state index in [4.69, 9.17) is 10.5 Å². The van der Waals surface area contributed by atoms with Gasteiger partial charge in [0.1, 0.15) is 0 Å². The van der Waals surface area contributed by atoms with Gasteiger partial charge in [-0.15, -0.1) is 12.4 Å². The van der Waals surface area contributed by atoms with Crippen LogP contribution < -0.4 is 11.1 Å². The number of ether oxygens (including phenoxy) is 1. The van der Waals surface area contributed by atoms with Gasteiger partial charge in [0.25, 0.3) is 0 Å². The van der Waals surface area contributed by atoms with Crippen LogP contribution in [0, 0.1) is 11.8 Å². The Morgan fingerprint density at radius 2 is 2.05 bits per heavy atom. The average molecular weight is 293 g/mol. The van der Waals surface area contributed by atoms with Crippen LogP contribution in [0.2, 0.25) is 0 Å². The molecule has 1 rings (SSSR count). The molecule has 0 saturated carbocycles. The first-order valence-corrected chi connectivity index (χ1v) is 7.13. The van der Waals surface area contributed by atoms with Crippen molar-refractivity contribution in [2.45, 2.75) is 65.1 Å². The van der Waals surface area contributed by atoms with E-state index in [1.807, 2.05) is 6.92 Å². The van der Waals surface area contributed by atoms with E-state index in [0.29, 0.717) is 5.92 Å². The number of halogens is 1. The van der Waals surface area contributed by atoms with E-state index in [-0.39, 0.29) is 36.4 Å². The van der Waals surface area contributed by atoms with Gasteiger partial charge in [-0.25, -0.2) is 0 Å². The minimum absolute atomic E-state index is 0. The van der Waals surface area contributed by atoms with Crippen molar-refractivity contribution in [1.82, 2.24) is 5.32 Å². The van der Waals surface area contributed by atoms with E-state index in [0.717, 1.165) is 25.9 Å². The molecular weight excluding hydrogens is 264 g/mol. The fourth-order valence-corrected chi connectivity index (χ4v) is 2.23. The number of nitrogens with one attached hydrogen (secondary N) is 1. The maximum absolute atomic E-state index is 12.0. The molecule has 114 valence electrons. The van der Waals surface area contributed by atoms with Crippen LogP contribution in [-0.2, 0) is 9.53 Å². The molecule has 1 saturated heterocycles. The molecule has 0 aromatic heterocycles.